The summed E-state index contributed by atoms with van der Waals surface area (Å²) in [6.07, 6.45) is -4.70. The van der Waals surface area contributed by atoms with E-state index in [2.05, 4.69) is 15.7 Å². The summed E-state index contributed by atoms with van der Waals surface area (Å²) >= 11 is 1.22. The molecule has 11 heteroatoms. The van der Waals surface area contributed by atoms with Gasteiger partial charge in [0.15, 0.2) is 5.69 Å². The van der Waals surface area contributed by atoms with Gasteiger partial charge >= 0.3 is 6.18 Å². The van der Waals surface area contributed by atoms with Gasteiger partial charge in [-0.05, 0) is 18.6 Å². The summed E-state index contributed by atoms with van der Waals surface area (Å²) in [6, 6.07) is 10.6. The van der Waals surface area contributed by atoms with Crippen LogP contribution in [0.4, 0.5) is 13.2 Å². The quantitative estimate of drug-likeness (QED) is 0.514. The molecule has 4 N–H and O–H groups in total. The van der Waals surface area contributed by atoms with E-state index in [1.54, 1.807) is 35.7 Å². The molecule has 2 aromatic heterocycles. The van der Waals surface area contributed by atoms with Crippen LogP contribution in [0.15, 0.2) is 47.8 Å². The Labute approximate surface area is 180 Å². The van der Waals surface area contributed by atoms with Gasteiger partial charge in [0.25, 0.3) is 5.91 Å². The number of rotatable bonds is 7. The minimum atomic E-state index is -4.70. The number of nitrogens with zero attached hydrogens (tertiary/aromatic N) is 2. The molecular formula is C20H20F3N5O2S. The zero-order valence-electron chi connectivity index (χ0n) is 16.4. The standard InChI is InChI=1S/C20H20F3N5O2S/c1-12(24)18(29)26-10-15-7-14(11-31-15)28-16(8-17(27-28)20(21,22)23)19(30)25-9-13-5-3-2-4-6-13/h2-8,11-12H,9-10,24H2,1H3,(H,25,30)(H,26,29). The normalized spacial score (nSPS) is 12.4. The van der Waals surface area contributed by atoms with Crippen molar-refractivity contribution in [3.05, 3.63) is 69.7 Å². The van der Waals surface area contributed by atoms with Gasteiger partial charge in [0.2, 0.25) is 5.91 Å². The molecule has 0 radical (unpaired) electrons. The number of alkyl halides is 3. The topological polar surface area (TPSA) is 102 Å². The number of nitrogens with one attached hydrogen (secondary N) is 2. The van der Waals surface area contributed by atoms with Crippen LogP contribution in [-0.2, 0) is 24.1 Å². The number of hydrogen-bond acceptors (Lipinski definition) is 5. The van der Waals surface area contributed by atoms with Crippen LogP contribution in [0.3, 0.4) is 0 Å². The van der Waals surface area contributed by atoms with E-state index in [0.717, 1.165) is 16.3 Å². The predicted molar refractivity (Wildman–Crippen MR) is 110 cm³/mol. The first kappa shape index (κ1) is 22.5. The van der Waals surface area contributed by atoms with E-state index >= 15 is 0 Å². The van der Waals surface area contributed by atoms with Crippen LogP contribution in [-0.4, -0.2) is 27.6 Å². The maximum Gasteiger partial charge on any atom is 0.435 e. The number of benzene rings is 1. The summed E-state index contributed by atoms with van der Waals surface area (Å²) in [5, 5.41) is 10.4. The van der Waals surface area contributed by atoms with Crippen LogP contribution in [0.2, 0.25) is 0 Å². The Morgan fingerprint density at radius 2 is 1.87 bits per heavy atom. The number of amides is 2. The SMILES string of the molecule is CC(N)C(=O)NCc1cc(-n2nc(C(F)(F)F)cc2C(=O)NCc2ccccc2)cs1. The molecule has 1 atom stereocenters. The summed E-state index contributed by atoms with van der Waals surface area (Å²) < 4.78 is 40.7. The van der Waals surface area contributed by atoms with Gasteiger partial charge in [-0.3, -0.25) is 9.59 Å². The molecule has 0 aliphatic heterocycles. The number of aromatic nitrogens is 2. The third-order valence-electron chi connectivity index (χ3n) is 4.26. The van der Waals surface area contributed by atoms with Crippen molar-refractivity contribution in [2.24, 2.45) is 5.73 Å². The molecule has 3 aromatic rings. The van der Waals surface area contributed by atoms with E-state index < -0.39 is 23.8 Å². The Kier molecular flexibility index (Phi) is 6.76. The molecule has 7 nitrogen and oxygen atoms in total. The van der Waals surface area contributed by atoms with Crippen LogP contribution in [0.25, 0.3) is 5.69 Å². The van der Waals surface area contributed by atoms with E-state index in [0.29, 0.717) is 4.88 Å². The van der Waals surface area contributed by atoms with E-state index in [4.69, 9.17) is 5.73 Å². The second kappa shape index (κ2) is 9.31. The average Bonchev–Trinajstić information content (AvgIpc) is 3.37. The lowest BCUT2D eigenvalue weighted by Crippen LogP contribution is -2.37. The molecule has 0 aliphatic rings. The zero-order valence-corrected chi connectivity index (χ0v) is 17.3. The summed E-state index contributed by atoms with van der Waals surface area (Å²) in [5.74, 6) is -1.04. The Morgan fingerprint density at radius 3 is 2.52 bits per heavy atom. The number of thiophene rings is 1. The van der Waals surface area contributed by atoms with Crippen molar-refractivity contribution < 1.29 is 22.8 Å². The summed E-state index contributed by atoms with van der Waals surface area (Å²) in [6.45, 7) is 1.86. The molecule has 1 aromatic carbocycles. The molecule has 0 saturated heterocycles. The van der Waals surface area contributed by atoms with Gasteiger partial charge in [-0.25, -0.2) is 4.68 Å². The third-order valence-corrected chi connectivity index (χ3v) is 5.19. The molecule has 3 rings (SSSR count). The zero-order chi connectivity index (χ0) is 22.6. The van der Waals surface area contributed by atoms with E-state index in [9.17, 15) is 22.8 Å². The maximum atomic E-state index is 13.2. The molecule has 2 heterocycles. The fourth-order valence-corrected chi connectivity index (χ4v) is 3.44. The lowest BCUT2D eigenvalue weighted by Gasteiger charge is -2.07. The van der Waals surface area contributed by atoms with Crippen LogP contribution >= 0.6 is 11.3 Å². The molecule has 0 aliphatic carbocycles. The number of nitrogens with two attached hydrogens (primary N) is 1. The Bertz CT molecular complexity index is 1060. The van der Waals surface area contributed by atoms with Crippen molar-refractivity contribution in [1.82, 2.24) is 20.4 Å². The average molecular weight is 451 g/mol. The Balaban J connectivity index is 1.83. The summed E-state index contributed by atoms with van der Waals surface area (Å²) in [4.78, 5) is 24.9. The van der Waals surface area contributed by atoms with Crippen molar-refractivity contribution >= 4 is 23.2 Å². The molecule has 164 valence electrons. The van der Waals surface area contributed by atoms with Gasteiger partial charge < -0.3 is 16.4 Å². The fourth-order valence-electron chi connectivity index (χ4n) is 2.65. The third kappa shape index (κ3) is 5.70. The van der Waals surface area contributed by atoms with Crippen molar-refractivity contribution in [3.8, 4) is 5.69 Å². The van der Waals surface area contributed by atoms with Crippen LogP contribution in [0.5, 0.6) is 0 Å². The minimum absolute atomic E-state index is 0.157. The summed E-state index contributed by atoms with van der Waals surface area (Å²) in [7, 11) is 0. The second-order valence-corrected chi connectivity index (χ2v) is 7.77. The van der Waals surface area contributed by atoms with Crippen LogP contribution in [0, 0.1) is 0 Å². The lowest BCUT2D eigenvalue weighted by molar-refractivity contribution is -0.141. The monoisotopic (exact) mass is 451 g/mol. The molecule has 0 spiro atoms. The van der Waals surface area contributed by atoms with Crippen molar-refractivity contribution in [2.75, 3.05) is 0 Å². The summed E-state index contributed by atoms with van der Waals surface area (Å²) in [5.41, 5.74) is 5.17. The number of hydrogen-bond donors (Lipinski definition) is 3. The second-order valence-electron chi connectivity index (χ2n) is 6.77. The van der Waals surface area contributed by atoms with Crippen molar-refractivity contribution in [1.29, 1.82) is 0 Å². The molecule has 0 saturated carbocycles. The molecule has 31 heavy (non-hydrogen) atoms. The number of carbonyl (C=O) groups is 2. The Morgan fingerprint density at radius 1 is 1.16 bits per heavy atom. The van der Waals surface area contributed by atoms with E-state index in [1.165, 1.54) is 18.3 Å². The molecule has 1 unspecified atom stereocenters. The van der Waals surface area contributed by atoms with Crippen LogP contribution < -0.4 is 16.4 Å². The van der Waals surface area contributed by atoms with Gasteiger partial charge in [-0.15, -0.1) is 11.3 Å². The fraction of sp³-hybridized carbons (Fsp3) is 0.250. The first-order valence-corrected chi connectivity index (χ1v) is 10.1. The number of carbonyl (C=O) groups excluding carboxylic acids is 2. The highest BCUT2D eigenvalue weighted by atomic mass is 32.1. The highest BCUT2D eigenvalue weighted by Crippen LogP contribution is 2.30. The molecule has 2 amide bonds. The molecule has 0 bridgehead atoms. The van der Waals surface area contributed by atoms with Gasteiger partial charge in [0, 0.05) is 22.9 Å². The van der Waals surface area contributed by atoms with Crippen molar-refractivity contribution in [2.45, 2.75) is 32.2 Å². The molecular weight excluding hydrogens is 431 g/mol. The highest BCUT2D eigenvalue weighted by molar-refractivity contribution is 7.10. The van der Waals surface area contributed by atoms with Gasteiger partial charge in [0.1, 0.15) is 5.69 Å². The number of halogens is 3. The smallest absolute Gasteiger partial charge is 0.350 e. The first-order valence-electron chi connectivity index (χ1n) is 9.25. The lowest BCUT2D eigenvalue weighted by atomic mass is 10.2. The van der Waals surface area contributed by atoms with Crippen molar-refractivity contribution in [3.63, 3.8) is 0 Å². The molecule has 0 fully saturated rings. The van der Waals surface area contributed by atoms with Gasteiger partial charge in [-0.2, -0.15) is 18.3 Å². The van der Waals surface area contributed by atoms with E-state index in [-0.39, 0.29) is 30.4 Å². The Hall–Kier alpha value is -3.18. The van der Waals surface area contributed by atoms with Crippen LogP contribution in [0.1, 0.15) is 33.5 Å². The van der Waals surface area contributed by atoms with Gasteiger partial charge in [0.05, 0.1) is 18.3 Å². The predicted octanol–water partition coefficient (Wildman–Crippen LogP) is 2.85. The first-order chi connectivity index (χ1) is 14.6. The highest BCUT2D eigenvalue weighted by Gasteiger charge is 2.36. The minimum Gasteiger partial charge on any atom is -0.350 e. The maximum absolute atomic E-state index is 13.2. The largest absolute Gasteiger partial charge is 0.435 e. The van der Waals surface area contributed by atoms with E-state index in [1.807, 2.05) is 6.07 Å². The van der Waals surface area contributed by atoms with Gasteiger partial charge in [-0.1, -0.05) is 30.3 Å².